The van der Waals surface area contributed by atoms with Gasteiger partial charge in [-0.3, -0.25) is 9.59 Å². The molecule has 0 aliphatic heterocycles. The van der Waals surface area contributed by atoms with Crippen molar-refractivity contribution in [2.24, 2.45) is 5.73 Å². The molecule has 0 spiro atoms. The fraction of sp³-hybridized carbons (Fsp3) is 0.0667. The van der Waals surface area contributed by atoms with E-state index in [1.54, 1.807) is 36.4 Å². The molecule has 0 saturated carbocycles. The number of nitrogens with one attached hydrogen (secondary N) is 1. The number of amides is 2. The van der Waals surface area contributed by atoms with Crippen molar-refractivity contribution in [3.63, 3.8) is 0 Å². The maximum atomic E-state index is 12.2. The molecule has 0 radical (unpaired) electrons. The van der Waals surface area contributed by atoms with Crippen LogP contribution in [-0.2, 0) is 0 Å². The normalized spacial score (nSPS) is 10.1. The van der Waals surface area contributed by atoms with Crippen molar-refractivity contribution >= 4 is 23.2 Å². The predicted octanol–water partition coefficient (Wildman–Crippen LogP) is 1.93. The number of hydrogen-bond acceptors (Lipinski definition) is 3. The van der Waals surface area contributed by atoms with Gasteiger partial charge in [0.2, 0.25) is 0 Å². The van der Waals surface area contributed by atoms with E-state index in [4.69, 9.17) is 11.5 Å². The number of nitrogen functional groups attached to an aromatic ring is 1. The summed E-state index contributed by atoms with van der Waals surface area (Å²) in [4.78, 5) is 23.5. The highest BCUT2D eigenvalue weighted by Gasteiger charge is 2.13. The number of anilines is 2. The molecule has 5 heteroatoms. The van der Waals surface area contributed by atoms with Crippen LogP contribution in [0.25, 0.3) is 0 Å². The van der Waals surface area contributed by atoms with Crippen LogP contribution in [0.5, 0.6) is 0 Å². The Morgan fingerprint density at radius 1 is 1.05 bits per heavy atom. The number of nitrogens with two attached hydrogens (primary N) is 2. The van der Waals surface area contributed by atoms with Gasteiger partial charge in [0.05, 0.1) is 16.8 Å². The Bertz CT molecular complexity index is 681. The van der Waals surface area contributed by atoms with Crippen LogP contribution in [0, 0.1) is 6.92 Å². The van der Waals surface area contributed by atoms with Crippen LogP contribution >= 0.6 is 0 Å². The summed E-state index contributed by atoms with van der Waals surface area (Å²) in [7, 11) is 0. The molecular formula is C15H15N3O2. The zero-order valence-electron chi connectivity index (χ0n) is 11.0. The number of hydrogen-bond donors (Lipinski definition) is 3. The maximum absolute atomic E-state index is 12.2. The molecule has 0 unspecified atom stereocenters. The molecule has 0 saturated heterocycles. The summed E-state index contributed by atoms with van der Waals surface area (Å²) in [5.74, 6) is -0.974. The first kappa shape index (κ1) is 13.6. The quantitative estimate of drug-likeness (QED) is 0.742. The molecule has 0 bridgehead atoms. The van der Waals surface area contributed by atoms with Crippen LogP contribution in [0.3, 0.4) is 0 Å². The molecule has 2 rings (SSSR count). The van der Waals surface area contributed by atoms with E-state index in [0.29, 0.717) is 16.9 Å². The van der Waals surface area contributed by atoms with Crippen LogP contribution in [0.2, 0.25) is 0 Å². The summed E-state index contributed by atoms with van der Waals surface area (Å²) in [5, 5.41) is 2.66. The van der Waals surface area contributed by atoms with Crippen molar-refractivity contribution in [3.05, 3.63) is 59.2 Å². The lowest BCUT2D eigenvalue weighted by molar-refractivity contribution is 0.100. The van der Waals surface area contributed by atoms with Crippen LogP contribution in [0.15, 0.2) is 42.5 Å². The van der Waals surface area contributed by atoms with Gasteiger partial charge in [-0.2, -0.15) is 0 Å². The standard InChI is InChI=1S/C15H15N3O2/c1-9-6-7-12(16)11(8-9)15(20)18-13-5-3-2-4-10(13)14(17)19/h2-8H,16H2,1H3,(H2,17,19)(H,18,20). The van der Waals surface area contributed by atoms with E-state index in [0.717, 1.165) is 5.56 Å². The Labute approximate surface area is 116 Å². The molecule has 102 valence electrons. The molecule has 0 atom stereocenters. The van der Waals surface area contributed by atoms with Gasteiger partial charge < -0.3 is 16.8 Å². The third kappa shape index (κ3) is 2.77. The van der Waals surface area contributed by atoms with Crippen molar-refractivity contribution in [1.82, 2.24) is 0 Å². The zero-order valence-corrected chi connectivity index (χ0v) is 11.0. The average Bonchev–Trinajstić information content (AvgIpc) is 2.41. The van der Waals surface area contributed by atoms with Crippen LogP contribution in [-0.4, -0.2) is 11.8 Å². The highest BCUT2D eigenvalue weighted by molar-refractivity contribution is 6.11. The lowest BCUT2D eigenvalue weighted by atomic mass is 10.1. The molecule has 2 aromatic carbocycles. The Balaban J connectivity index is 2.33. The second kappa shape index (κ2) is 5.44. The maximum Gasteiger partial charge on any atom is 0.257 e. The fourth-order valence-electron chi connectivity index (χ4n) is 1.86. The third-order valence-electron chi connectivity index (χ3n) is 2.89. The van der Waals surface area contributed by atoms with Crippen LogP contribution < -0.4 is 16.8 Å². The van der Waals surface area contributed by atoms with Gasteiger partial charge >= 0.3 is 0 Å². The van der Waals surface area contributed by atoms with Gasteiger partial charge in [0.15, 0.2) is 0 Å². The van der Waals surface area contributed by atoms with Crippen molar-refractivity contribution in [1.29, 1.82) is 0 Å². The van der Waals surface area contributed by atoms with Crippen molar-refractivity contribution in [3.8, 4) is 0 Å². The Morgan fingerprint density at radius 3 is 2.45 bits per heavy atom. The number of carbonyl (C=O) groups is 2. The van der Waals surface area contributed by atoms with E-state index in [2.05, 4.69) is 5.32 Å². The van der Waals surface area contributed by atoms with Gasteiger partial charge in [0, 0.05) is 5.69 Å². The summed E-state index contributed by atoms with van der Waals surface area (Å²) in [6, 6.07) is 11.7. The summed E-state index contributed by atoms with van der Waals surface area (Å²) in [5.41, 5.74) is 13.3. The molecule has 0 aliphatic carbocycles. The molecule has 0 aromatic heterocycles. The van der Waals surface area contributed by atoms with Crippen molar-refractivity contribution in [2.45, 2.75) is 6.92 Å². The Kier molecular flexibility index (Phi) is 3.70. The summed E-state index contributed by atoms with van der Waals surface area (Å²) < 4.78 is 0. The molecule has 2 amide bonds. The molecule has 0 aliphatic rings. The number of aryl methyl sites for hydroxylation is 1. The lowest BCUT2D eigenvalue weighted by Gasteiger charge is -2.10. The van der Waals surface area contributed by atoms with Crippen molar-refractivity contribution < 1.29 is 9.59 Å². The van der Waals surface area contributed by atoms with Gasteiger partial charge in [-0.15, -0.1) is 0 Å². The first-order valence-corrected chi connectivity index (χ1v) is 6.05. The van der Waals surface area contributed by atoms with Gasteiger partial charge in [0.1, 0.15) is 0 Å². The molecule has 0 heterocycles. The average molecular weight is 269 g/mol. The topological polar surface area (TPSA) is 98.2 Å². The summed E-state index contributed by atoms with van der Waals surface area (Å²) >= 11 is 0. The second-order valence-electron chi connectivity index (χ2n) is 4.45. The van der Waals surface area contributed by atoms with Gasteiger partial charge in [0.25, 0.3) is 11.8 Å². The number of para-hydroxylation sites is 1. The molecular weight excluding hydrogens is 254 g/mol. The SMILES string of the molecule is Cc1ccc(N)c(C(=O)Nc2ccccc2C(N)=O)c1. The van der Waals surface area contributed by atoms with E-state index in [9.17, 15) is 9.59 Å². The van der Waals surface area contributed by atoms with E-state index in [-0.39, 0.29) is 11.5 Å². The minimum Gasteiger partial charge on any atom is -0.398 e. The van der Waals surface area contributed by atoms with E-state index in [1.807, 2.05) is 13.0 Å². The number of rotatable bonds is 3. The van der Waals surface area contributed by atoms with Gasteiger partial charge in [-0.25, -0.2) is 0 Å². The third-order valence-corrected chi connectivity index (χ3v) is 2.89. The van der Waals surface area contributed by atoms with Crippen LogP contribution in [0.1, 0.15) is 26.3 Å². The fourth-order valence-corrected chi connectivity index (χ4v) is 1.86. The summed E-state index contributed by atoms with van der Waals surface area (Å²) in [6.07, 6.45) is 0. The molecule has 20 heavy (non-hydrogen) atoms. The monoisotopic (exact) mass is 269 g/mol. The largest absolute Gasteiger partial charge is 0.398 e. The van der Waals surface area contributed by atoms with E-state index < -0.39 is 5.91 Å². The number of primary amides is 1. The number of carbonyl (C=O) groups excluding carboxylic acids is 2. The molecule has 5 N–H and O–H groups in total. The van der Waals surface area contributed by atoms with Gasteiger partial charge in [-0.1, -0.05) is 23.8 Å². The smallest absolute Gasteiger partial charge is 0.257 e. The summed E-state index contributed by atoms with van der Waals surface area (Å²) in [6.45, 7) is 1.87. The molecule has 0 fully saturated rings. The second-order valence-corrected chi connectivity index (χ2v) is 4.45. The van der Waals surface area contributed by atoms with E-state index >= 15 is 0 Å². The first-order valence-electron chi connectivity index (χ1n) is 6.05. The number of benzene rings is 2. The molecule has 2 aromatic rings. The lowest BCUT2D eigenvalue weighted by Crippen LogP contribution is -2.19. The van der Waals surface area contributed by atoms with Crippen molar-refractivity contribution in [2.75, 3.05) is 11.1 Å². The Hall–Kier alpha value is -2.82. The van der Waals surface area contributed by atoms with Crippen LogP contribution in [0.4, 0.5) is 11.4 Å². The zero-order chi connectivity index (χ0) is 14.7. The Morgan fingerprint density at radius 2 is 1.75 bits per heavy atom. The molecule has 5 nitrogen and oxygen atoms in total. The van der Waals surface area contributed by atoms with E-state index in [1.165, 1.54) is 0 Å². The van der Waals surface area contributed by atoms with Gasteiger partial charge in [-0.05, 0) is 31.2 Å². The highest BCUT2D eigenvalue weighted by atomic mass is 16.2. The minimum absolute atomic E-state index is 0.257. The first-order chi connectivity index (χ1) is 9.49. The minimum atomic E-state index is -0.599. The predicted molar refractivity (Wildman–Crippen MR) is 78.5 cm³/mol. The highest BCUT2D eigenvalue weighted by Crippen LogP contribution is 2.19.